The second kappa shape index (κ2) is 3.94. The topological polar surface area (TPSA) is 45.1 Å². The third kappa shape index (κ3) is 1.42. The Balaban J connectivity index is 1.94. The van der Waals surface area contributed by atoms with Crippen molar-refractivity contribution in [1.82, 2.24) is 4.90 Å². The zero-order valence-corrected chi connectivity index (χ0v) is 11.6. The Morgan fingerprint density at radius 2 is 1.94 bits per heavy atom. The highest BCUT2D eigenvalue weighted by Crippen LogP contribution is 2.63. The fraction of sp³-hybridized carbons (Fsp3) is 0.929. The first-order chi connectivity index (χ1) is 8.51. The molecule has 0 aromatic carbocycles. The van der Waals surface area contributed by atoms with Gasteiger partial charge in [0.05, 0.1) is 24.5 Å². The predicted molar refractivity (Wildman–Crippen MR) is 70.0 cm³/mol. The van der Waals surface area contributed by atoms with Gasteiger partial charge in [-0.05, 0) is 37.0 Å². The number of rotatable bonds is 1. The Morgan fingerprint density at radius 3 is 2.50 bits per heavy atom. The monoisotopic (exact) mass is 252 g/mol. The van der Waals surface area contributed by atoms with E-state index in [-0.39, 0.29) is 5.54 Å². The van der Waals surface area contributed by atoms with Crippen LogP contribution in [0.4, 0.5) is 0 Å². The zero-order chi connectivity index (χ0) is 13.0. The van der Waals surface area contributed by atoms with Crippen molar-refractivity contribution < 1.29 is 9.94 Å². The molecule has 4 fully saturated rings. The van der Waals surface area contributed by atoms with Crippen molar-refractivity contribution in [2.24, 2.45) is 22.4 Å². The summed E-state index contributed by atoms with van der Waals surface area (Å²) in [6, 6.07) is 0. The zero-order valence-electron chi connectivity index (χ0n) is 11.6. The molecule has 0 amide bonds. The average molecular weight is 252 g/mol. The molecule has 3 atom stereocenters. The SMILES string of the molecule is CC1(C)[C@@H]2C/C(=N/O)[C@](C)(N3CCOCC3)[C@H]1C2. The minimum atomic E-state index is -0.0726. The Labute approximate surface area is 109 Å². The van der Waals surface area contributed by atoms with E-state index in [4.69, 9.17) is 4.74 Å². The lowest BCUT2D eigenvalue weighted by atomic mass is 9.42. The number of oxime groups is 1. The summed E-state index contributed by atoms with van der Waals surface area (Å²) in [7, 11) is 0. The molecule has 4 rings (SSSR count). The van der Waals surface area contributed by atoms with Crippen molar-refractivity contribution >= 4 is 5.71 Å². The molecular weight excluding hydrogens is 228 g/mol. The number of morpholine rings is 1. The van der Waals surface area contributed by atoms with Crippen LogP contribution in [-0.4, -0.2) is 47.7 Å². The lowest BCUT2D eigenvalue weighted by Crippen LogP contribution is -2.72. The highest BCUT2D eigenvalue weighted by Gasteiger charge is 2.64. The summed E-state index contributed by atoms with van der Waals surface area (Å²) < 4.78 is 5.46. The molecule has 3 aliphatic carbocycles. The molecular formula is C14H24N2O2. The third-order valence-electron chi connectivity index (χ3n) is 5.96. The van der Waals surface area contributed by atoms with E-state index < -0.39 is 0 Å². The van der Waals surface area contributed by atoms with Crippen LogP contribution < -0.4 is 0 Å². The summed E-state index contributed by atoms with van der Waals surface area (Å²) in [6.07, 6.45) is 2.23. The van der Waals surface area contributed by atoms with Gasteiger partial charge in [0.2, 0.25) is 0 Å². The van der Waals surface area contributed by atoms with Crippen LogP contribution in [0.3, 0.4) is 0 Å². The number of ether oxygens (including phenoxy) is 1. The quantitative estimate of drug-likeness (QED) is 0.573. The van der Waals surface area contributed by atoms with E-state index in [1.165, 1.54) is 6.42 Å². The lowest BCUT2D eigenvalue weighted by Gasteiger charge is -2.67. The molecule has 0 unspecified atom stereocenters. The van der Waals surface area contributed by atoms with Crippen molar-refractivity contribution in [3.05, 3.63) is 0 Å². The van der Waals surface area contributed by atoms with Crippen molar-refractivity contribution in [1.29, 1.82) is 0 Å². The van der Waals surface area contributed by atoms with Crippen LogP contribution in [0.5, 0.6) is 0 Å². The maximum Gasteiger partial charge on any atom is 0.0776 e. The summed E-state index contributed by atoms with van der Waals surface area (Å²) in [4.78, 5) is 2.48. The maximum atomic E-state index is 9.40. The molecule has 1 aliphatic heterocycles. The van der Waals surface area contributed by atoms with Crippen LogP contribution in [-0.2, 0) is 4.74 Å². The molecule has 2 bridgehead atoms. The molecule has 0 aromatic rings. The first kappa shape index (κ1) is 12.4. The van der Waals surface area contributed by atoms with Gasteiger partial charge in [-0.1, -0.05) is 19.0 Å². The number of hydrogen-bond acceptors (Lipinski definition) is 4. The van der Waals surface area contributed by atoms with Crippen molar-refractivity contribution in [3.63, 3.8) is 0 Å². The van der Waals surface area contributed by atoms with Crippen LogP contribution in [0.15, 0.2) is 5.16 Å². The summed E-state index contributed by atoms with van der Waals surface area (Å²) in [5, 5.41) is 13.1. The van der Waals surface area contributed by atoms with E-state index in [2.05, 4.69) is 30.8 Å². The second-order valence-corrected chi connectivity index (χ2v) is 6.80. The van der Waals surface area contributed by atoms with Crippen LogP contribution >= 0.6 is 0 Å². The van der Waals surface area contributed by atoms with Gasteiger partial charge < -0.3 is 9.94 Å². The van der Waals surface area contributed by atoms with Gasteiger partial charge in [0, 0.05) is 13.1 Å². The molecule has 18 heavy (non-hydrogen) atoms. The van der Waals surface area contributed by atoms with Gasteiger partial charge in [-0.3, -0.25) is 4.90 Å². The molecule has 102 valence electrons. The van der Waals surface area contributed by atoms with Gasteiger partial charge in [0.1, 0.15) is 0 Å². The van der Waals surface area contributed by atoms with Crippen molar-refractivity contribution in [2.75, 3.05) is 26.3 Å². The van der Waals surface area contributed by atoms with Gasteiger partial charge in [-0.15, -0.1) is 0 Å². The van der Waals surface area contributed by atoms with Crippen molar-refractivity contribution in [2.45, 2.75) is 39.2 Å². The largest absolute Gasteiger partial charge is 0.411 e. The summed E-state index contributed by atoms with van der Waals surface area (Å²) in [5.74, 6) is 1.30. The molecule has 1 N–H and O–H groups in total. The molecule has 1 heterocycles. The molecule has 4 nitrogen and oxygen atoms in total. The molecule has 4 aliphatic rings. The van der Waals surface area contributed by atoms with Gasteiger partial charge in [0.25, 0.3) is 0 Å². The summed E-state index contributed by atoms with van der Waals surface area (Å²) in [6.45, 7) is 10.5. The van der Waals surface area contributed by atoms with E-state index in [1.54, 1.807) is 0 Å². The normalized spacial score (nSPS) is 45.8. The van der Waals surface area contributed by atoms with Gasteiger partial charge in [0.15, 0.2) is 0 Å². The lowest BCUT2D eigenvalue weighted by molar-refractivity contribution is -0.128. The fourth-order valence-electron chi connectivity index (χ4n) is 4.53. The van der Waals surface area contributed by atoms with Gasteiger partial charge in [-0.2, -0.15) is 0 Å². The fourth-order valence-corrected chi connectivity index (χ4v) is 4.53. The molecule has 0 spiro atoms. The Kier molecular flexibility index (Phi) is 2.72. The Morgan fingerprint density at radius 1 is 1.28 bits per heavy atom. The minimum Gasteiger partial charge on any atom is -0.411 e. The van der Waals surface area contributed by atoms with E-state index in [1.807, 2.05) is 0 Å². The van der Waals surface area contributed by atoms with Gasteiger partial charge >= 0.3 is 0 Å². The first-order valence-electron chi connectivity index (χ1n) is 7.05. The van der Waals surface area contributed by atoms with E-state index in [0.29, 0.717) is 17.3 Å². The molecule has 4 heteroatoms. The molecule has 1 saturated heterocycles. The van der Waals surface area contributed by atoms with Crippen molar-refractivity contribution in [3.8, 4) is 0 Å². The second-order valence-electron chi connectivity index (χ2n) is 6.80. The third-order valence-corrected chi connectivity index (χ3v) is 5.96. The standard InChI is InChI=1S/C14H24N2O2/c1-13(2)10-8-11(13)14(3,12(9-10)15-17)16-4-6-18-7-5-16/h10-11,17H,4-9H2,1-3H3/b15-12-/t10-,11-,14+/m0/s1. The molecule has 0 aromatic heterocycles. The Hall–Kier alpha value is -0.610. The van der Waals surface area contributed by atoms with Crippen LogP contribution in [0.1, 0.15) is 33.6 Å². The average Bonchev–Trinajstić information content (AvgIpc) is 2.39. The summed E-state index contributed by atoms with van der Waals surface area (Å²) >= 11 is 0. The maximum absolute atomic E-state index is 9.40. The van der Waals surface area contributed by atoms with E-state index in [9.17, 15) is 5.21 Å². The van der Waals surface area contributed by atoms with Crippen LogP contribution in [0.25, 0.3) is 0 Å². The van der Waals surface area contributed by atoms with E-state index in [0.717, 1.165) is 38.4 Å². The van der Waals surface area contributed by atoms with Crippen LogP contribution in [0.2, 0.25) is 0 Å². The minimum absolute atomic E-state index is 0.0726. The molecule has 0 radical (unpaired) electrons. The summed E-state index contributed by atoms with van der Waals surface area (Å²) in [5.41, 5.74) is 1.29. The van der Waals surface area contributed by atoms with Crippen LogP contribution in [0, 0.1) is 17.3 Å². The highest BCUT2D eigenvalue weighted by molar-refractivity contribution is 5.95. The highest BCUT2D eigenvalue weighted by atomic mass is 16.5. The molecule has 3 saturated carbocycles. The smallest absolute Gasteiger partial charge is 0.0776 e. The van der Waals surface area contributed by atoms with E-state index >= 15 is 0 Å². The first-order valence-corrected chi connectivity index (χ1v) is 7.05. The number of nitrogens with zero attached hydrogens (tertiary/aromatic N) is 2. The number of fused-ring (bicyclic) bond motifs is 2. The Bertz CT molecular complexity index is 374. The number of hydrogen-bond donors (Lipinski definition) is 1. The van der Waals surface area contributed by atoms with Gasteiger partial charge in [-0.25, -0.2) is 0 Å². The predicted octanol–water partition coefficient (Wildman–Crippen LogP) is 1.97.